The van der Waals surface area contributed by atoms with Crippen molar-refractivity contribution in [2.24, 2.45) is 0 Å². The Labute approximate surface area is 187 Å². The highest BCUT2D eigenvalue weighted by Gasteiger charge is 2.41. The van der Waals surface area contributed by atoms with E-state index in [9.17, 15) is 9.59 Å². The van der Waals surface area contributed by atoms with Crippen molar-refractivity contribution in [2.75, 3.05) is 10.2 Å². The highest BCUT2D eigenvalue weighted by atomic mass is 35.5. The maximum absolute atomic E-state index is 13.6. The Hall–Kier alpha value is -3.37. The number of halogens is 1. The molecule has 0 unspecified atom stereocenters. The second-order valence-corrected chi connectivity index (χ2v) is 8.05. The first-order valence-electron chi connectivity index (χ1n) is 10.2. The zero-order valence-electron chi connectivity index (χ0n) is 17.7. The third kappa shape index (κ3) is 3.87. The molecule has 0 saturated heterocycles. The summed E-state index contributed by atoms with van der Waals surface area (Å²) in [6.07, 6.45) is 0.925. The highest BCUT2D eigenvalue weighted by Crippen LogP contribution is 2.37. The molecule has 1 heterocycles. The molecular weight excluding hydrogens is 408 g/mol. The minimum absolute atomic E-state index is 0.251. The number of nitrogens with zero attached hydrogens (tertiary/aromatic N) is 1. The van der Waals surface area contributed by atoms with Crippen molar-refractivity contribution in [3.63, 3.8) is 0 Å². The lowest BCUT2D eigenvalue weighted by molar-refractivity contribution is -0.120. The van der Waals surface area contributed by atoms with Crippen LogP contribution in [-0.4, -0.2) is 11.8 Å². The summed E-state index contributed by atoms with van der Waals surface area (Å²) in [5.41, 5.74) is 5.66. The number of hydrogen-bond acceptors (Lipinski definition) is 3. The third-order valence-electron chi connectivity index (χ3n) is 5.46. The van der Waals surface area contributed by atoms with Gasteiger partial charge >= 0.3 is 0 Å². The standard InChI is InChI=1S/C26H23ClN2O2/c1-4-18-10-12-19(13-11-18)28-24-23(20-14-9-16(2)15-17(20)3)25(30)29(26(24)31)22-8-6-5-7-21(22)27/h5-15,28H,4H2,1-3H3. The molecule has 4 rings (SSSR count). The van der Waals surface area contributed by atoms with Crippen molar-refractivity contribution < 1.29 is 9.59 Å². The van der Waals surface area contributed by atoms with Gasteiger partial charge in [-0.2, -0.15) is 0 Å². The van der Waals surface area contributed by atoms with Gasteiger partial charge in [0.05, 0.1) is 16.3 Å². The normalized spacial score (nSPS) is 13.9. The Morgan fingerprint density at radius 1 is 0.903 bits per heavy atom. The van der Waals surface area contributed by atoms with Gasteiger partial charge in [0.25, 0.3) is 11.8 Å². The Morgan fingerprint density at radius 2 is 1.61 bits per heavy atom. The van der Waals surface area contributed by atoms with Crippen molar-refractivity contribution in [3.05, 3.63) is 99.7 Å². The summed E-state index contributed by atoms with van der Waals surface area (Å²) < 4.78 is 0. The van der Waals surface area contributed by atoms with Gasteiger partial charge < -0.3 is 5.32 Å². The molecule has 156 valence electrons. The van der Waals surface area contributed by atoms with Crippen molar-refractivity contribution in [2.45, 2.75) is 27.2 Å². The van der Waals surface area contributed by atoms with Gasteiger partial charge in [0, 0.05) is 5.69 Å². The van der Waals surface area contributed by atoms with Crippen LogP contribution >= 0.6 is 11.6 Å². The molecule has 1 N–H and O–H groups in total. The first-order valence-corrected chi connectivity index (χ1v) is 10.6. The molecule has 3 aromatic carbocycles. The summed E-state index contributed by atoms with van der Waals surface area (Å²) in [4.78, 5) is 28.2. The van der Waals surface area contributed by atoms with Crippen LogP contribution in [0, 0.1) is 13.8 Å². The van der Waals surface area contributed by atoms with Gasteiger partial charge in [-0.3, -0.25) is 9.59 Å². The quantitative estimate of drug-likeness (QED) is 0.511. The minimum atomic E-state index is -0.423. The van der Waals surface area contributed by atoms with E-state index >= 15 is 0 Å². The number of nitrogens with one attached hydrogen (secondary N) is 1. The summed E-state index contributed by atoms with van der Waals surface area (Å²) in [6, 6.07) is 20.6. The molecule has 0 aliphatic carbocycles. The summed E-state index contributed by atoms with van der Waals surface area (Å²) in [6.45, 7) is 6.03. The smallest absolute Gasteiger partial charge is 0.282 e. The molecule has 3 aromatic rings. The van der Waals surface area contributed by atoms with Crippen molar-refractivity contribution in [1.29, 1.82) is 0 Å². The van der Waals surface area contributed by atoms with E-state index in [0.717, 1.165) is 33.7 Å². The van der Waals surface area contributed by atoms with Crippen LogP contribution < -0.4 is 10.2 Å². The second-order valence-electron chi connectivity index (χ2n) is 7.64. The first kappa shape index (κ1) is 20.9. The summed E-state index contributed by atoms with van der Waals surface area (Å²) in [5, 5.41) is 3.55. The number of hydrogen-bond donors (Lipinski definition) is 1. The van der Waals surface area contributed by atoms with Crippen LogP contribution in [0.5, 0.6) is 0 Å². The average Bonchev–Trinajstić information content (AvgIpc) is 2.99. The largest absolute Gasteiger partial charge is 0.350 e. The van der Waals surface area contributed by atoms with Crippen LogP contribution in [0.3, 0.4) is 0 Å². The minimum Gasteiger partial charge on any atom is -0.350 e. The molecule has 1 aliphatic rings. The predicted octanol–water partition coefficient (Wildman–Crippen LogP) is 5.92. The van der Waals surface area contributed by atoms with Gasteiger partial charge in [-0.05, 0) is 61.2 Å². The number of amides is 2. The Kier molecular flexibility index (Phi) is 5.66. The topological polar surface area (TPSA) is 49.4 Å². The van der Waals surface area contributed by atoms with Crippen molar-refractivity contribution in [1.82, 2.24) is 0 Å². The van der Waals surface area contributed by atoms with Gasteiger partial charge in [-0.25, -0.2) is 4.90 Å². The Morgan fingerprint density at radius 3 is 2.26 bits per heavy atom. The van der Waals surface area contributed by atoms with E-state index in [-0.39, 0.29) is 5.70 Å². The van der Waals surface area contributed by atoms with E-state index in [0.29, 0.717) is 16.3 Å². The molecule has 0 aromatic heterocycles. The molecule has 5 heteroatoms. The fraction of sp³-hybridized carbons (Fsp3) is 0.154. The van der Waals surface area contributed by atoms with E-state index in [4.69, 9.17) is 11.6 Å². The van der Waals surface area contributed by atoms with Gasteiger partial charge in [0.15, 0.2) is 0 Å². The number of para-hydroxylation sites is 1. The first-order chi connectivity index (χ1) is 14.9. The molecule has 0 fully saturated rings. The summed E-state index contributed by atoms with van der Waals surface area (Å²) in [7, 11) is 0. The fourth-order valence-corrected chi connectivity index (χ4v) is 4.03. The van der Waals surface area contributed by atoms with Gasteiger partial charge in [0.2, 0.25) is 0 Å². The van der Waals surface area contributed by atoms with Crippen LogP contribution in [0.1, 0.15) is 29.2 Å². The monoisotopic (exact) mass is 430 g/mol. The van der Waals surface area contributed by atoms with Crippen molar-refractivity contribution >= 4 is 40.4 Å². The molecule has 2 amide bonds. The van der Waals surface area contributed by atoms with E-state index in [1.54, 1.807) is 24.3 Å². The van der Waals surface area contributed by atoms with Gasteiger partial charge in [-0.1, -0.05) is 66.6 Å². The van der Waals surface area contributed by atoms with E-state index in [1.165, 1.54) is 5.56 Å². The lowest BCUT2D eigenvalue weighted by Crippen LogP contribution is -2.32. The van der Waals surface area contributed by atoms with Crippen LogP contribution in [0.2, 0.25) is 5.02 Å². The molecular formula is C26H23ClN2O2. The maximum atomic E-state index is 13.6. The van der Waals surface area contributed by atoms with E-state index in [1.807, 2.05) is 56.3 Å². The van der Waals surface area contributed by atoms with E-state index < -0.39 is 11.8 Å². The van der Waals surface area contributed by atoms with Crippen LogP contribution in [0.15, 0.2) is 72.4 Å². The van der Waals surface area contributed by atoms with Crippen molar-refractivity contribution in [3.8, 4) is 0 Å². The van der Waals surface area contributed by atoms with Gasteiger partial charge in [0.1, 0.15) is 5.70 Å². The zero-order valence-corrected chi connectivity index (χ0v) is 18.5. The number of aryl methyl sites for hydroxylation is 3. The summed E-state index contributed by atoms with van der Waals surface area (Å²) >= 11 is 6.34. The maximum Gasteiger partial charge on any atom is 0.282 e. The number of anilines is 2. The molecule has 0 radical (unpaired) electrons. The van der Waals surface area contributed by atoms with Crippen LogP contribution in [0.4, 0.5) is 11.4 Å². The van der Waals surface area contributed by atoms with E-state index in [2.05, 4.69) is 12.2 Å². The lowest BCUT2D eigenvalue weighted by Gasteiger charge is -2.17. The number of carbonyl (C=O) groups excluding carboxylic acids is 2. The number of carbonyl (C=O) groups is 2. The molecule has 0 bridgehead atoms. The Balaban J connectivity index is 1.85. The molecule has 1 aliphatic heterocycles. The predicted molar refractivity (Wildman–Crippen MR) is 126 cm³/mol. The summed E-state index contributed by atoms with van der Waals surface area (Å²) in [5.74, 6) is -0.814. The molecule has 0 atom stereocenters. The molecule has 31 heavy (non-hydrogen) atoms. The molecule has 0 saturated carbocycles. The lowest BCUT2D eigenvalue weighted by atomic mass is 9.97. The second kappa shape index (κ2) is 8.40. The highest BCUT2D eigenvalue weighted by molar-refractivity contribution is 6.48. The number of imide groups is 1. The fourth-order valence-electron chi connectivity index (χ4n) is 3.81. The molecule has 4 nitrogen and oxygen atoms in total. The Bertz CT molecular complexity index is 1210. The third-order valence-corrected chi connectivity index (χ3v) is 5.78. The van der Waals surface area contributed by atoms with Crippen LogP contribution in [-0.2, 0) is 16.0 Å². The van der Waals surface area contributed by atoms with Gasteiger partial charge in [-0.15, -0.1) is 0 Å². The number of benzene rings is 3. The average molecular weight is 431 g/mol. The van der Waals surface area contributed by atoms with Crippen LogP contribution in [0.25, 0.3) is 5.57 Å². The SMILES string of the molecule is CCc1ccc(NC2=C(c3ccc(C)cc3C)C(=O)N(c3ccccc3Cl)C2=O)cc1. The number of rotatable bonds is 5. The zero-order chi connectivity index (χ0) is 22.1. The molecule has 0 spiro atoms.